The quantitative estimate of drug-likeness (QED) is 0.706. The van der Waals surface area contributed by atoms with E-state index in [1.54, 1.807) is 0 Å². The number of anilines is 1. The second-order valence-electron chi connectivity index (χ2n) is 2.62. The van der Waals surface area contributed by atoms with Crippen LogP contribution in [0.3, 0.4) is 0 Å². The second-order valence-corrected chi connectivity index (χ2v) is 3.03. The van der Waals surface area contributed by atoms with Crippen LogP contribution in [0.2, 0.25) is 5.02 Å². The third-order valence-corrected chi connectivity index (χ3v) is 1.99. The summed E-state index contributed by atoms with van der Waals surface area (Å²) in [5.74, 6) is 0. The first kappa shape index (κ1) is 9.36. The second kappa shape index (κ2) is 4.33. The van der Waals surface area contributed by atoms with Gasteiger partial charge in [0.2, 0.25) is 0 Å². The molecule has 0 aliphatic heterocycles. The predicted molar refractivity (Wildman–Crippen MR) is 53.5 cm³/mol. The lowest BCUT2D eigenvalue weighted by molar-refractivity contribution is 0.844. The molecule has 0 saturated heterocycles. The molecule has 0 radical (unpaired) electrons. The highest BCUT2D eigenvalue weighted by Gasteiger charge is 1.95. The van der Waals surface area contributed by atoms with Crippen LogP contribution >= 0.6 is 11.6 Å². The van der Waals surface area contributed by atoms with E-state index in [-0.39, 0.29) is 0 Å². The van der Waals surface area contributed by atoms with Crippen LogP contribution in [0.1, 0.15) is 12.5 Å². The first-order valence-corrected chi connectivity index (χ1v) is 4.37. The van der Waals surface area contributed by atoms with Gasteiger partial charge in [-0.3, -0.25) is 0 Å². The van der Waals surface area contributed by atoms with Crippen LogP contribution in [0.5, 0.6) is 0 Å². The zero-order valence-electron chi connectivity index (χ0n) is 7.32. The van der Waals surface area contributed by atoms with E-state index in [2.05, 4.69) is 10.9 Å². The molecule has 3 heteroatoms. The third kappa shape index (κ3) is 2.40. The van der Waals surface area contributed by atoms with Crippen molar-refractivity contribution < 1.29 is 0 Å². The summed E-state index contributed by atoms with van der Waals surface area (Å²) in [5, 5.41) is 0.790. The lowest BCUT2D eigenvalue weighted by atomic mass is 10.2. The van der Waals surface area contributed by atoms with E-state index in [1.165, 1.54) is 0 Å². The number of benzene rings is 1. The van der Waals surface area contributed by atoms with Gasteiger partial charge in [0.1, 0.15) is 0 Å². The van der Waals surface area contributed by atoms with Crippen molar-refractivity contribution in [3.05, 3.63) is 28.8 Å². The molecular weight excluding hydrogens is 172 g/mol. The minimum atomic E-state index is 0.790. The molecule has 0 amide bonds. The van der Waals surface area contributed by atoms with Crippen LogP contribution in [-0.2, 0) is 0 Å². The Morgan fingerprint density at radius 1 is 1.42 bits per heavy atom. The molecule has 0 aliphatic carbocycles. The standard InChI is InChI=1S/C9H13ClN2/c1-3-11-12-8-5-4-7(2)9(10)6-8/h4-6,11-12H,3H2,1-2H3. The van der Waals surface area contributed by atoms with Crippen LogP contribution in [0.15, 0.2) is 18.2 Å². The largest absolute Gasteiger partial charge is 0.321 e. The molecule has 66 valence electrons. The molecule has 2 N–H and O–H groups in total. The first-order chi connectivity index (χ1) is 5.74. The minimum absolute atomic E-state index is 0.790. The fourth-order valence-corrected chi connectivity index (χ4v) is 1.04. The molecule has 0 saturated carbocycles. The monoisotopic (exact) mass is 184 g/mol. The van der Waals surface area contributed by atoms with E-state index >= 15 is 0 Å². The van der Waals surface area contributed by atoms with E-state index in [0.717, 1.165) is 22.8 Å². The molecule has 0 heterocycles. The summed E-state index contributed by atoms with van der Waals surface area (Å²) in [7, 11) is 0. The fraction of sp³-hybridized carbons (Fsp3) is 0.333. The molecule has 1 aromatic rings. The van der Waals surface area contributed by atoms with E-state index in [9.17, 15) is 0 Å². The van der Waals surface area contributed by atoms with E-state index in [4.69, 9.17) is 11.6 Å². The smallest absolute Gasteiger partial charge is 0.0502 e. The van der Waals surface area contributed by atoms with Gasteiger partial charge in [-0.25, -0.2) is 5.43 Å². The van der Waals surface area contributed by atoms with E-state index < -0.39 is 0 Å². The summed E-state index contributed by atoms with van der Waals surface area (Å²) in [6.07, 6.45) is 0. The minimum Gasteiger partial charge on any atom is -0.321 e. The van der Waals surface area contributed by atoms with Gasteiger partial charge in [0.25, 0.3) is 0 Å². The van der Waals surface area contributed by atoms with Crippen molar-refractivity contribution in [1.82, 2.24) is 5.43 Å². The maximum Gasteiger partial charge on any atom is 0.0502 e. The molecule has 2 nitrogen and oxygen atoms in total. The Bertz CT molecular complexity index is 261. The molecule has 0 atom stereocenters. The van der Waals surface area contributed by atoms with Crippen molar-refractivity contribution in [2.75, 3.05) is 12.0 Å². The third-order valence-electron chi connectivity index (χ3n) is 1.58. The summed E-state index contributed by atoms with van der Waals surface area (Å²) in [6.45, 7) is 4.90. The maximum absolute atomic E-state index is 5.92. The van der Waals surface area contributed by atoms with Crippen LogP contribution < -0.4 is 10.9 Å². The van der Waals surface area contributed by atoms with Crippen LogP contribution in [0.4, 0.5) is 5.69 Å². The predicted octanol–water partition coefficient (Wildman–Crippen LogP) is 2.58. The van der Waals surface area contributed by atoms with Crippen LogP contribution in [-0.4, -0.2) is 6.54 Å². The van der Waals surface area contributed by atoms with Gasteiger partial charge in [-0.1, -0.05) is 24.6 Å². The van der Waals surface area contributed by atoms with Crippen molar-refractivity contribution in [2.45, 2.75) is 13.8 Å². The lowest BCUT2D eigenvalue weighted by Gasteiger charge is -2.07. The van der Waals surface area contributed by atoms with Gasteiger partial charge in [-0.05, 0) is 24.6 Å². The van der Waals surface area contributed by atoms with E-state index in [0.29, 0.717) is 0 Å². The number of rotatable bonds is 3. The molecule has 0 bridgehead atoms. The maximum atomic E-state index is 5.92. The first-order valence-electron chi connectivity index (χ1n) is 3.99. The molecule has 1 aromatic carbocycles. The molecule has 0 aromatic heterocycles. The highest BCUT2D eigenvalue weighted by atomic mass is 35.5. The number of halogens is 1. The Labute approximate surface area is 77.9 Å². The molecule has 0 aliphatic rings. The number of nitrogens with one attached hydrogen (secondary N) is 2. The average Bonchev–Trinajstić information content (AvgIpc) is 2.07. The molecule has 0 unspecified atom stereocenters. The zero-order valence-corrected chi connectivity index (χ0v) is 8.07. The number of aryl methyl sites for hydroxylation is 1. The molecular formula is C9H13ClN2. The van der Waals surface area contributed by atoms with Crippen molar-refractivity contribution in [3.63, 3.8) is 0 Å². The Morgan fingerprint density at radius 3 is 2.75 bits per heavy atom. The normalized spacial score (nSPS) is 9.92. The average molecular weight is 185 g/mol. The number of hydrazine groups is 1. The van der Waals surface area contributed by atoms with Gasteiger partial charge in [0.05, 0.1) is 5.69 Å². The highest BCUT2D eigenvalue weighted by Crippen LogP contribution is 2.19. The highest BCUT2D eigenvalue weighted by molar-refractivity contribution is 6.31. The fourth-order valence-electron chi connectivity index (χ4n) is 0.861. The summed E-state index contributed by atoms with van der Waals surface area (Å²) < 4.78 is 0. The van der Waals surface area contributed by atoms with E-state index in [1.807, 2.05) is 32.0 Å². The Balaban J connectivity index is 2.69. The number of hydrogen-bond acceptors (Lipinski definition) is 2. The Hall–Kier alpha value is -0.730. The zero-order chi connectivity index (χ0) is 8.97. The van der Waals surface area contributed by atoms with Gasteiger partial charge in [-0.2, -0.15) is 0 Å². The number of hydrogen-bond donors (Lipinski definition) is 2. The molecule has 12 heavy (non-hydrogen) atoms. The van der Waals surface area contributed by atoms with Crippen molar-refractivity contribution >= 4 is 17.3 Å². The summed E-state index contributed by atoms with van der Waals surface area (Å²) in [4.78, 5) is 0. The van der Waals surface area contributed by atoms with Crippen LogP contribution in [0, 0.1) is 6.92 Å². The summed E-state index contributed by atoms with van der Waals surface area (Å²) >= 11 is 5.92. The van der Waals surface area contributed by atoms with Gasteiger partial charge < -0.3 is 5.43 Å². The van der Waals surface area contributed by atoms with Gasteiger partial charge in [-0.15, -0.1) is 0 Å². The van der Waals surface area contributed by atoms with Gasteiger partial charge in [0, 0.05) is 11.6 Å². The van der Waals surface area contributed by atoms with Gasteiger partial charge in [0.15, 0.2) is 0 Å². The van der Waals surface area contributed by atoms with Crippen molar-refractivity contribution in [3.8, 4) is 0 Å². The van der Waals surface area contributed by atoms with Crippen molar-refractivity contribution in [2.24, 2.45) is 0 Å². The molecule has 0 spiro atoms. The van der Waals surface area contributed by atoms with Crippen LogP contribution in [0.25, 0.3) is 0 Å². The Kier molecular flexibility index (Phi) is 3.38. The lowest BCUT2D eigenvalue weighted by Crippen LogP contribution is -2.20. The summed E-state index contributed by atoms with van der Waals surface area (Å²) in [5.41, 5.74) is 8.12. The molecule has 0 fully saturated rings. The van der Waals surface area contributed by atoms with Gasteiger partial charge >= 0.3 is 0 Å². The topological polar surface area (TPSA) is 24.1 Å². The molecule has 1 rings (SSSR count). The summed E-state index contributed by atoms with van der Waals surface area (Å²) in [6, 6.07) is 5.88. The Morgan fingerprint density at radius 2 is 2.17 bits per heavy atom. The van der Waals surface area contributed by atoms with Crippen molar-refractivity contribution in [1.29, 1.82) is 0 Å². The SMILES string of the molecule is CCNNc1ccc(C)c(Cl)c1.